The van der Waals surface area contributed by atoms with Crippen LogP contribution in [-0.2, 0) is 0 Å². The summed E-state index contributed by atoms with van der Waals surface area (Å²) in [4.78, 5) is 0. The summed E-state index contributed by atoms with van der Waals surface area (Å²) in [5.41, 5.74) is 7.22. The van der Waals surface area contributed by atoms with Crippen LogP contribution in [0.1, 0.15) is 31.9 Å². The highest BCUT2D eigenvalue weighted by Crippen LogP contribution is 2.33. The van der Waals surface area contributed by atoms with Gasteiger partial charge in [0, 0.05) is 12.5 Å². The minimum absolute atomic E-state index is 0.0529. The van der Waals surface area contributed by atoms with Gasteiger partial charge in [-0.3, -0.25) is 0 Å². The molecule has 0 aliphatic carbocycles. The first kappa shape index (κ1) is 11.3. The molecular formula is C13H19NO2. The second-order valence-corrected chi connectivity index (χ2v) is 4.53. The summed E-state index contributed by atoms with van der Waals surface area (Å²) in [7, 11) is 0. The van der Waals surface area contributed by atoms with Gasteiger partial charge in [0.2, 0.25) is 0 Å². The van der Waals surface area contributed by atoms with Gasteiger partial charge in [-0.2, -0.15) is 0 Å². The maximum atomic E-state index is 6.11. The quantitative estimate of drug-likeness (QED) is 0.834. The molecule has 0 saturated heterocycles. The van der Waals surface area contributed by atoms with Crippen LogP contribution in [0, 0.1) is 5.92 Å². The normalized spacial score (nSPS) is 17.0. The van der Waals surface area contributed by atoms with Gasteiger partial charge in [0.05, 0.1) is 13.2 Å². The fourth-order valence-electron chi connectivity index (χ4n) is 1.77. The first-order chi connectivity index (χ1) is 7.68. The molecule has 1 aliphatic heterocycles. The molecule has 88 valence electrons. The van der Waals surface area contributed by atoms with Crippen molar-refractivity contribution >= 4 is 0 Å². The summed E-state index contributed by atoms with van der Waals surface area (Å²) in [5, 5.41) is 0. The molecule has 0 saturated carbocycles. The smallest absolute Gasteiger partial charge is 0.161 e. The SMILES string of the molecule is CC(C)[C@@H](N)c1ccc2c(c1)OCCCO2. The Hall–Kier alpha value is -1.22. The van der Waals surface area contributed by atoms with Crippen LogP contribution in [-0.4, -0.2) is 13.2 Å². The van der Waals surface area contributed by atoms with Crippen molar-refractivity contribution in [1.29, 1.82) is 0 Å². The fourth-order valence-corrected chi connectivity index (χ4v) is 1.77. The van der Waals surface area contributed by atoms with Crippen LogP contribution in [0.5, 0.6) is 11.5 Å². The highest BCUT2D eigenvalue weighted by molar-refractivity contribution is 5.44. The van der Waals surface area contributed by atoms with Gasteiger partial charge in [-0.05, 0) is 23.6 Å². The van der Waals surface area contributed by atoms with Crippen LogP contribution in [0.2, 0.25) is 0 Å². The van der Waals surface area contributed by atoms with Crippen molar-refractivity contribution < 1.29 is 9.47 Å². The molecule has 2 N–H and O–H groups in total. The summed E-state index contributed by atoms with van der Waals surface area (Å²) in [5.74, 6) is 2.08. The summed E-state index contributed by atoms with van der Waals surface area (Å²) in [6.07, 6.45) is 0.931. The lowest BCUT2D eigenvalue weighted by atomic mass is 9.97. The minimum atomic E-state index is 0.0529. The molecule has 0 unspecified atom stereocenters. The standard InChI is InChI=1S/C13H19NO2/c1-9(2)13(14)10-4-5-11-12(8-10)16-7-3-6-15-11/h4-5,8-9,13H,3,6-7,14H2,1-2H3/t13-/m1/s1. The number of hydrogen-bond acceptors (Lipinski definition) is 3. The highest BCUT2D eigenvalue weighted by atomic mass is 16.5. The third-order valence-electron chi connectivity index (χ3n) is 2.87. The molecule has 16 heavy (non-hydrogen) atoms. The molecule has 0 aromatic heterocycles. The number of rotatable bonds is 2. The first-order valence-corrected chi connectivity index (χ1v) is 5.83. The molecule has 2 rings (SSSR count). The Morgan fingerprint density at radius 3 is 2.50 bits per heavy atom. The summed E-state index contributed by atoms with van der Waals surface area (Å²) in [6.45, 7) is 5.68. The molecule has 1 aliphatic rings. The van der Waals surface area contributed by atoms with Gasteiger partial charge in [-0.15, -0.1) is 0 Å². The molecule has 0 spiro atoms. The molecule has 3 heteroatoms. The minimum Gasteiger partial charge on any atom is -0.490 e. The largest absolute Gasteiger partial charge is 0.490 e. The van der Waals surface area contributed by atoms with Crippen LogP contribution in [0.4, 0.5) is 0 Å². The Morgan fingerprint density at radius 1 is 1.12 bits per heavy atom. The third-order valence-corrected chi connectivity index (χ3v) is 2.87. The van der Waals surface area contributed by atoms with E-state index in [1.165, 1.54) is 0 Å². The fraction of sp³-hybridized carbons (Fsp3) is 0.538. The topological polar surface area (TPSA) is 44.5 Å². The van der Waals surface area contributed by atoms with Crippen molar-refractivity contribution in [2.45, 2.75) is 26.3 Å². The van der Waals surface area contributed by atoms with Crippen LogP contribution in [0.25, 0.3) is 0 Å². The predicted molar refractivity (Wildman–Crippen MR) is 63.8 cm³/mol. The zero-order chi connectivity index (χ0) is 11.5. The van der Waals surface area contributed by atoms with Crippen molar-refractivity contribution in [3.63, 3.8) is 0 Å². The van der Waals surface area contributed by atoms with Crippen molar-refractivity contribution in [2.75, 3.05) is 13.2 Å². The Bertz CT molecular complexity index is 363. The van der Waals surface area contributed by atoms with Crippen molar-refractivity contribution in [2.24, 2.45) is 11.7 Å². The molecule has 3 nitrogen and oxygen atoms in total. The lowest BCUT2D eigenvalue weighted by Gasteiger charge is -2.17. The number of benzene rings is 1. The molecule has 1 atom stereocenters. The maximum Gasteiger partial charge on any atom is 0.161 e. The summed E-state index contributed by atoms with van der Waals surface area (Å²) >= 11 is 0. The second kappa shape index (κ2) is 4.74. The van der Waals surface area contributed by atoms with Gasteiger partial charge >= 0.3 is 0 Å². The van der Waals surface area contributed by atoms with Crippen LogP contribution < -0.4 is 15.2 Å². The summed E-state index contributed by atoms with van der Waals surface area (Å²) in [6, 6.07) is 6.04. The number of ether oxygens (including phenoxy) is 2. The van der Waals surface area contributed by atoms with E-state index in [-0.39, 0.29) is 6.04 Å². The first-order valence-electron chi connectivity index (χ1n) is 5.83. The average Bonchev–Trinajstić information content (AvgIpc) is 2.51. The third kappa shape index (κ3) is 2.30. The number of fused-ring (bicyclic) bond motifs is 1. The van der Waals surface area contributed by atoms with Gasteiger partial charge < -0.3 is 15.2 Å². The van der Waals surface area contributed by atoms with Crippen molar-refractivity contribution in [3.8, 4) is 11.5 Å². The molecule has 1 heterocycles. The van der Waals surface area contributed by atoms with E-state index < -0.39 is 0 Å². The van der Waals surface area contributed by atoms with E-state index in [1.807, 2.05) is 18.2 Å². The van der Waals surface area contributed by atoms with Crippen molar-refractivity contribution in [3.05, 3.63) is 23.8 Å². The van der Waals surface area contributed by atoms with E-state index in [4.69, 9.17) is 15.2 Å². The second-order valence-electron chi connectivity index (χ2n) is 4.53. The van der Waals surface area contributed by atoms with E-state index in [1.54, 1.807) is 0 Å². The zero-order valence-electron chi connectivity index (χ0n) is 9.90. The molecule has 0 amide bonds. The van der Waals surface area contributed by atoms with E-state index in [9.17, 15) is 0 Å². The van der Waals surface area contributed by atoms with E-state index in [2.05, 4.69) is 13.8 Å². The van der Waals surface area contributed by atoms with Gasteiger partial charge in [0.15, 0.2) is 11.5 Å². The van der Waals surface area contributed by atoms with Crippen LogP contribution in [0.3, 0.4) is 0 Å². The Labute approximate surface area is 96.5 Å². The van der Waals surface area contributed by atoms with Gasteiger partial charge in [-0.25, -0.2) is 0 Å². The Kier molecular flexibility index (Phi) is 3.34. The Balaban J connectivity index is 2.27. The molecule has 0 bridgehead atoms. The zero-order valence-corrected chi connectivity index (χ0v) is 9.90. The van der Waals surface area contributed by atoms with Gasteiger partial charge in [0.25, 0.3) is 0 Å². The summed E-state index contributed by atoms with van der Waals surface area (Å²) < 4.78 is 11.2. The van der Waals surface area contributed by atoms with E-state index >= 15 is 0 Å². The average molecular weight is 221 g/mol. The van der Waals surface area contributed by atoms with Gasteiger partial charge in [-0.1, -0.05) is 19.9 Å². The molecule has 0 fully saturated rings. The van der Waals surface area contributed by atoms with E-state index in [0.29, 0.717) is 12.5 Å². The lowest BCUT2D eigenvalue weighted by Crippen LogP contribution is -2.16. The lowest BCUT2D eigenvalue weighted by molar-refractivity contribution is 0.297. The van der Waals surface area contributed by atoms with Crippen LogP contribution >= 0.6 is 0 Å². The van der Waals surface area contributed by atoms with Crippen molar-refractivity contribution in [1.82, 2.24) is 0 Å². The Morgan fingerprint density at radius 2 is 1.81 bits per heavy atom. The van der Waals surface area contributed by atoms with Gasteiger partial charge in [0.1, 0.15) is 0 Å². The molecular weight excluding hydrogens is 202 g/mol. The predicted octanol–water partition coefficient (Wildman–Crippen LogP) is 2.50. The monoisotopic (exact) mass is 221 g/mol. The highest BCUT2D eigenvalue weighted by Gasteiger charge is 2.15. The number of nitrogens with two attached hydrogens (primary N) is 1. The molecule has 1 aromatic rings. The van der Waals surface area contributed by atoms with Crippen LogP contribution in [0.15, 0.2) is 18.2 Å². The van der Waals surface area contributed by atoms with E-state index in [0.717, 1.165) is 30.1 Å². The molecule has 0 radical (unpaired) electrons. The number of hydrogen-bond donors (Lipinski definition) is 1. The maximum absolute atomic E-state index is 6.11. The molecule has 1 aromatic carbocycles.